The fourth-order valence-corrected chi connectivity index (χ4v) is 4.40. The van der Waals surface area contributed by atoms with Gasteiger partial charge >= 0.3 is 5.97 Å². The normalized spacial score (nSPS) is 17.7. The van der Waals surface area contributed by atoms with Gasteiger partial charge in [0.1, 0.15) is 5.75 Å². The summed E-state index contributed by atoms with van der Waals surface area (Å²) in [6.07, 6.45) is 5.65. The van der Waals surface area contributed by atoms with Crippen LogP contribution in [-0.4, -0.2) is 42.2 Å². The quantitative estimate of drug-likeness (QED) is 0.491. The molecule has 2 aromatic rings. The van der Waals surface area contributed by atoms with E-state index in [9.17, 15) is 9.59 Å². The summed E-state index contributed by atoms with van der Waals surface area (Å²) in [6, 6.07) is 7.79. The predicted octanol–water partition coefficient (Wildman–Crippen LogP) is 3.58. The van der Waals surface area contributed by atoms with Crippen LogP contribution in [0.1, 0.15) is 52.1 Å². The smallest absolute Gasteiger partial charge is 0.344 e. The van der Waals surface area contributed by atoms with Gasteiger partial charge in [-0.15, -0.1) is 0 Å². The molecule has 0 unspecified atom stereocenters. The van der Waals surface area contributed by atoms with Crippen LogP contribution < -0.4 is 4.74 Å². The van der Waals surface area contributed by atoms with Crippen molar-refractivity contribution in [3.05, 3.63) is 52.3 Å². The van der Waals surface area contributed by atoms with Crippen molar-refractivity contribution in [1.82, 2.24) is 4.57 Å². The molecule has 0 bridgehead atoms. The van der Waals surface area contributed by atoms with Crippen LogP contribution in [0, 0.1) is 13.8 Å². The number of nitrogens with zero attached hydrogens (tertiary/aromatic N) is 1. The van der Waals surface area contributed by atoms with Gasteiger partial charge in [-0.25, -0.2) is 4.79 Å². The molecule has 1 aliphatic carbocycles. The number of Topliss-reactive ketones (excluding diaryl/α,β-unsaturated/α-hetero) is 1. The molecule has 1 aliphatic heterocycles. The van der Waals surface area contributed by atoms with E-state index in [0.717, 1.165) is 56.6 Å². The SMILES string of the molecule is Cc1cc(C(=O)COC(=O)COc2ccc3c(c2)CCC3)c(C)n1C[C@H]1CCCO1. The van der Waals surface area contributed by atoms with Crippen LogP contribution in [0.3, 0.4) is 0 Å². The Hall–Kier alpha value is -2.60. The molecule has 0 radical (unpaired) electrons. The van der Waals surface area contributed by atoms with Gasteiger partial charge in [0.05, 0.1) is 6.10 Å². The topological polar surface area (TPSA) is 66.8 Å². The van der Waals surface area contributed by atoms with Gasteiger partial charge in [0.15, 0.2) is 13.2 Å². The van der Waals surface area contributed by atoms with Crippen molar-refractivity contribution in [2.45, 2.75) is 58.6 Å². The number of hydrogen-bond donors (Lipinski definition) is 0. The van der Waals surface area contributed by atoms with Crippen molar-refractivity contribution in [2.75, 3.05) is 19.8 Å². The molecule has 2 aliphatic rings. The molecule has 6 heteroatoms. The first kappa shape index (κ1) is 20.7. The van der Waals surface area contributed by atoms with Crippen LogP contribution >= 0.6 is 0 Å². The van der Waals surface area contributed by atoms with Gasteiger partial charge < -0.3 is 18.8 Å². The third kappa shape index (κ3) is 4.59. The van der Waals surface area contributed by atoms with Gasteiger partial charge in [0.25, 0.3) is 0 Å². The number of esters is 1. The molecule has 1 aromatic carbocycles. The molecule has 0 spiro atoms. The predicted molar refractivity (Wildman–Crippen MR) is 112 cm³/mol. The van der Waals surface area contributed by atoms with E-state index in [0.29, 0.717) is 11.3 Å². The molecule has 1 fully saturated rings. The monoisotopic (exact) mass is 411 g/mol. The first-order chi connectivity index (χ1) is 14.5. The highest BCUT2D eigenvalue weighted by Crippen LogP contribution is 2.26. The maximum absolute atomic E-state index is 12.6. The lowest BCUT2D eigenvalue weighted by Crippen LogP contribution is -2.20. The summed E-state index contributed by atoms with van der Waals surface area (Å²) >= 11 is 0. The third-order valence-corrected chi connectivity index (χ3v) is 6.08. The molecular weight excluding hydrogens is 382 g/mol. The first-order valence-electron chi connectivity index (χ1n) is 10.7. The number of benzene rings is 1. The van der Waals surface area contributed by atoms with Crippen molar-refractivity contribution < 1.29 is 23.8 Å². The Morgan fingerprint density at radius 3 is 2.73 bits per heavy atom. The fraction of sp³-hybridized carbons (Fsp3) is 0.500. The van der Waals surface area contributed by atoms with Crippen LogP contribution in [0.15, 0.2) is 24.3 Å². The minimum atomic E-state index is -0.544. The Bertz CT molecular complexity index is 939. The summed E-state index contributed by atoms with van der Waals surface area (Å²) < 4.78 is 18.5. The third-order valence-electron chi connectivity index (χ3n) is 6.08. The molecule has 0 N–H and O–H groups in total. The minimum absolute atomic E-state index is 0.201. The van der Waals surface area contributed by atoms with Crippen molar-refractivity contribution >= 4 is 11.8 Å². The minimum Gasteiger partial charge on any atom is -0.482 e. The molecule has 1 aromatic heterocycles. The van der Waals surface area contributed by atoms with E-state index < -0.39 is 5.97 Å². The van der Waals surface area contributed by atoms with Crippen molar-refractivity contribution in [1.29, 1.82) is 0 Å². The number of aromatic nitrogens is 1. The lowest BCUT2D eigenvalue weighted by Gasteiger charge is -2.14. The maximum Gasteiger partial charge on any atom is 0.344 e. The Morgan fingerprint density at radius 1 is 1.10 bits per heavy atom. The number of ether oxygens (including phenoxy) is 3. The molecule has 0 amide bonds. The average Bonchev–Trinajstić information content (AvgIpc) is 3.47. The molecule has 0 saturated carbocycles. The van der Waals surface area contributed by atoms with E-state index in [4.69, 9.17) is 14.2 Å². The summed E-state index contributed by atoms with van der Waals surface area (Å²) in [6.45, 7) is 4.97. The lowest BCUT2D eigenvalue weighted by atomic mass is 10.1. The maximum atomic E-state index is 12.6. The number of aryl methyl sites for hydroxylation is 3. The second-order valence-corrected chi connectivity index (χ2v) is 8.19. The van der Waals surface area contributed by atoms with Gasteiger partial charge in [-0.1, -0.05) is 6.07 Å². The van der Waals surface area contributed by atoms with Crippen LogP contribution in [0.25, 0.3) is 0 Å². The van der Waals surface area contributed by atoms with Crippen LogP contribution in [0.4, 0.5) is 0 Å². The van der Waals surface area contributed by atoms with Gasteiger partial charge in [-0.05, 0) is 75.3 Å². The zero-order valence-electron chi connectivity index (χ0n) is 17.7. The summed E-state index contributed by atoms with van der Waals surface area (Å²) in [4.78, 5) is 24.7. The van der Waals surface area contributed by atoms with Crippen LogP contribution in [-0.2, 0) is 33.7 Å². The molecule has 160 valence electrons. The Kier molecular flexibility index (Phi) is 6.23. The summed E-state index contributed by atoms with van der Waals surface area (Å²) in [7, 11) is 0. The van der Waals surface area contributed by atoms with Gasteiger partial charge in [-0.3, -0.25) is 4.79 Å². The number of carbonyl (C=O) groups is 2. The summed E-state index contributed by atoms with van der Waals surface area (Å²) in [5.74, 6) is -0.0822. The fourth-order valence-electron chi connectivity index (χ4n) is 4.40. The molecule has 1 atom stereocenters. The highest BCUT2D eigenvalue weighted by Gasteiger charge is 2.22. The second-order valence-electron chi connectivity index (χ2n) is 8.19. The number of carbonyl (C=O) groups excluding carboxylic acids is 2. The largest absolute Gasteiger partial charge is 0.482 e. The molecule has 4 rings (SSSR count). The van der Waals surface area contributed by atoms with E-state index >= 15 is 0 Å². The second kappa shape index (κ2) is 9.04. The van der Waals surface area contributed by atoms with Crippen molar-refractivity contribution in [3.8, 4) is 5.75 Å². The molecular formula is C24H29NO5. The number of fused-ring (bicyclic) bond motifs is 1. The Balaban J connectivity index is 1.28. The molecule has 1 saturated heterocycles. The van der Waals surface area contributed by atoms with Crippen molar-refractivity contribution in [2.24, 2.45) is 0 Å². The van der Waals surface area contributed by atoms with Gasteiger partial charge in [0, 0.05) is 30.1 Å². The van der Waals surface area contributed by atoms with E-state index in [2.05, 4.69) is 10.6 Å². The van der Waals surface area contributed by atoms with E-state index in [1.165, 1.54) is 11.1 Å². The summed E-state index contributed by atoms with van der Waals surface area (Å²) in [5.41, 5.74) is 5.14. The number of hydrogen-bond acceptors (Lipinski definition) is 5. The lowest BCUT2D eigenvalue weighted by molar-refractivity contribution is -0.144. The van der Waals surface area contributed by atoms with E-state index in [1.807, 2.05) is 32.0 Å². The van der Waals surface area contributed by atoms with Gasteiger partial charge in [-0.2, -0.15) is 0 Å². The molecule has 6 nitrogen and oxygen atoms in total. The summed E-state index contributed by atoms with van der Waals surface area (Å²) in [5, 5.41) is 0. The molecule has 2 heterocycles. The van der Waals surface area contributed by atoms with E-state index in [-0.39, 0.29) is 25.1 Å². The number of ketones is 1. The Morgan fingerprint density at radius 2 is 1.93 bits per heavy atom. The molecule has 30 heavy (non-hydrogen) atoms. The highest BCUT2D eigenvalue weighted by molar-refractivity contribution is 5.99. The van der Waals surface area contributed by atoms with Crippen molar-refractivity contribution in [3.63, 3.8) is 0 Å². The Labute approximate surface area is 177 Å². The van der Waals surface area contributed by atoms with Gasteiger partial charge in [0.2, 0.25) is 5.78 Å². The van der Waals surface area contributed by atoms with Crippen LogP contribution in [0.2, 0.25) is 0 Å². The van der Waals surface area contributed by atoms with Crippen LogP contribution in [0.5, 0.6) is 5.75 Å². The zero-order chi connectivity index (χ0) is 21.1. The average molecular weight is 411 g/mol. The zero-order valence-corrected chi connectivity index (χ0v) is 17.7. The number of rotatable bonds is 8. The van der Waals surface area contributed by atoms with E-state index in [1.54, 1.807) is 0 Å². The standard InChI is InChI=1S/C24H29NO5/c1-16-11-22(17(2)25(16)13-21-7-4-10-28-21)23(26)14-30-24(27)15-29-20-9-8-18-5-3-6-19(18)12-20/h8-9,11-12,21H,3-7,10,13-15H2,1-2H3/t21-/m1/s1. The highest BCUT2D eigenvalue weighted by atomic mass is 16.6. The first-order valence-corrected chi connectivity index (χ1v) is 10.7.